The van der Waals surface area contributed by atoms with Crippen molar-refractivity contribution in [3.8, 4) is 0 Å². The Labute approximate surface area is 158 Å². The van der Waals surface area contributed by atoms with Crippen molar-refractivity contribution < 1.29 is 9.59 Å². The monoisotopic (exact) mass is 374 g/mol. The van der Waals surface area contributed by atoms with Crippen molar-refractivity contribution in [2.24, 2.45) is 0 Å². The average Bonchev–Trinajstić information content (AvgIpc) is 2.97. The summed E-state index contributed by atoms with van der Waals surface area (Å²) in [6.45, 7) is 5.80. The highest BCUT2D eigenvalue weighted by Gasteiger charge is 2.19. The number of carbonyl (C=O) groups excluding carboxylic acids is 2. The molecular weight excluding hydrogens is 348 g/mol. The zero-order valence-electron chi connectivity index (χ0n) is 15.4. The first-order chi connectivity index (χ1) is 12.5. The van der Waals surface area contributed by atoms with Crippen LogP contribution in [0.2, 0.25) is 0 Å². The molecule has 0 saturated carbocycles. The molecule has 3 rings (SSSR count). The van der Waals surface area contributed by atoms with Crippen LogP contribution in [0.25, 0.3) is 11.0 Å². The van der Waals surface area contributed by atoms with E-state index in [-0.39, 0.29) is 24.4 Å². The number of nitrogens with zero attached hydrogens (tertiary/aromatic N) is 3. The Bertz CT molecular complexity index is 781. The molecule has 7 heteroatoms. The van der Waals surface area contributed by atoms with Gasteiger partial charge in [0.1, 0.15) is 6.54 Å². The molecule has 0 atom stereocenters. The van der Waals surface area contributed by atoms with Crippen LogP contribution in [0, 0.1) is 0 Å². The number of thioether (sulfide) groups is 1. The van der Waals surface area contributed by atoms with Crippen molar-refractivity contribution in [2.45, 2.75) is 50.9 Å². The van der Waals surface area contributed by atoms with E-state index < -0.39 is 0 Å². The number of benzene rings is 1. The summed E-state index contributed by atoms with van der Waals surface area (Å²) >= 11 is 1.42. The van der Waals surface area contributed by atoms with Gasteiger partial charge in [0, 0.05) is 19.1 Å². The molecule has 0 spiro atoms. The molecule has 0 radical (unpaired) electrons. The minimum Gasteiger partial charge on any atom is -0.352 e. The van der Waals surface area contributed by atoms with Crippen molar-refractivity contribution >= 4 is 34.6 Å². The largest absolute Gasteiger partial charge is 0.352 e. The fraction of sp³-hybridized carbons (Fsp3) is 0.526. The molecule has 0 aliphatic carbocycles. The standard InChI is InChI=1S/C19H26N4O2S/c1-14(2)20-17(24)12-23-16-9-5-4-8-15(16)21-19(23)26-13-18(25)22-10-6-3-7-11-22/h4-5,8-9,14H,3,6-7,10-13H2,1-2H3,(H,20,24). The van der Waals surface area contributed by atoms with E-state index >= 15 is 0 Å². The summed E-state index contributed by atoms with van der Waals surface area (Å²) in [5.41, 5.74) is 1.76. The second kappa shape index (κ2) is 8.58. The number of nitrogens with one attached hydrogen (secondary N) is 1. The number of imidazole rings is 1. The van der Waals surface area contributed by atoms with Crippen LogP contribution in [-0.2, 0) is 16.1 Å². The van der Waals surface area contributed by atoms with E-state index in [2.05, 4.69) is 10.3 Å². The molecule has 1 N–H and O–H groups in total. The lowest BCUT2D eigenvalue weighted by Gasteiger charge is -2.26. The van der Waals surface area contributed by atoms with Crippen molar-refractivity contribution in [2.75, 3.05) is 18.8 Å². The number of hydrogen-bond acceptors (Lipinski definition) is 4. The molecule has 1 aliphatic rings. The lowest BCUT2D eigenvalue weighted by atomic mass is 10.1. The molecule has 1 aromatic heterocycles. The molecule has 1 aliphatic heterocycles. The fourth-order valence-electron chi connectivity index (χ4n) is 3.19. The Morgan fingerprint density at radius 3 is 2.65 bits per heavy atom. The highest BCUT2D eigenvalue weighted by molar-refractivity contribution is 7.99. The highest BCUT2D eigenvalue weighted by atomic mass is 32.2. The van der Waals surface area contributed by atoms with Gasteiger partial charge in [-0.25, -0.2) is 4.98 Å². The Balaban J connectivity index is 1.75. The summed E-state index contributed by atoms with van der Waals surface area (Å²) in [6.07, 6.45) is 3.38. The second-order valence-electron chi connectivity index (χ2n) is 6.92. The summed E-state index contributed by atoms with van der Waals surface area (Å²) in [6, 6.07) is 7.86. The Morgan fingerprint density at radius 2 is 1.92 bits per heavy atom. The van der Waals surface area contributed by atoms with E-state index in [9.17, 15) is 9.59 Å². The van der Waals surface area contributed by atoms with Crippen LogP contribution in [-0.4, -0.2) is 51.1 Å². The van der Waals surface area contributed by atoms with E-state index in [1.165, 1.54) is 18.2 Å². The number of likely N-dealkylation sites (tertiary alicyclic amines) is 1. The van der Waals surface area contributed by atoms with Crippen LogP contribution in [0.1, 0.15) is 33.1 Å². The van der Waals surface area contributed by atoms with E-state index in [0.29, 0.717) is 5.75 Å². The first-order valence-electron chi connectivity index (χ1n) is 9.20. The third kappa shape index (κ3) is 4.58. The predicted molar refractivity (Wildman–Crippen MR) is 104 cm³/mol. The molecular formula is C19H26N4O2S. The third-order valence-electron chi connectivity index (χ3n) is 4.40. The van der Waals surface area contributed by atoms with E-state index in [0.717, 1.165) is 42.1 Å². The number of rotatable bonds is 6. The molecule has 140 valence electrons. The molecule has 26 heavy (non-hydrogen) atoms. The zero-order chi connectivity index (χ0) is 18.5. The molecule has 0 unspecified atom stereocenters. The zero-order valence-corrected chi connectivity index (χ0v) is 16.2. The van der Waals surface area contributed by atoms with Crippen molar-refractivity contribution in [1.82, 2.24) is 19.8 Å². The number of para-hydroxylation sites is 2. The number of piperidine rings is 1. The summed E-state index contributed by atoms with van der Waals surface area (Å²) in [4.78, 5) is 31.3. The highest BCUT2D eigenvalue weighted by Crippen LogP contribution is 2.24. The molecule has 1 saturated heterocycles. The van der Waals surface area contributed by atoms with Crippen LogP contribution in [0.3, 0.4) is 0 Å². The maximum atomic E-state index is 12.5. The maximum absolute atomic E-state index is 12.5. The Morgan fingerprint density at radius 1 is 1.19 bits per heavy atom. The number of fused-ring (bicyclic) bond motifs is 1. The number of hydrogen-bond donors (Lipinski definition) is 1. The van der Waals surface area contributed by atoms with Crippen molar-refractivity contribution in [3.05, 3.63) is 24.3 Å². The van der Waals surface area contributed by atoms with Gasteiger partial charge in [0.15, 0.2) is 5.16 Å². The summed E-state index contributed by atoms with van der Waals surface area (Å²) < 4.78 is 1.90. The quantitative estimate of drug-likeness (QED) is 0.790. The summed E-state index contributed by atoms with van der Waals surface area (Å²) in [5, 5.41) is 3.64. The average molecular weight is 375 g/mol. The third-order valence-corrected chi connectivity index (χ3v) is 5.37. The molecule has 2 aromatic rings. The normalized spacial score (nSPS) is 14.8. The Kier molecular flexibility index (Phi) is 6.19. The van der Waals surface area contributed by atoms with Crippen LogP contribution in [0.5, 0.6) is 0 Å². The smallest absolute Gasteiger partial charge is 0.240 e. The van der Waals surface area contributed by atoms with Gasteiger partial charge >= 0.3 is 0 Å². The van der Waals surface area contributed by atoms with Gasteiger partial charge in [-0.2, -0.15) is 0 Å². The lowest BCUT2D eigenvalue weighted by molar-refractivity contribution is -0.129. The van der Waals surface area contributed by atoms with Gasteiger partial charge in [0.25, 0.3) is 0 Å². The topological polar surface area (TPSA) is 67.2 Å². The van der Waals surface area contributed by atoms with E-state index in [4.69, 9.17) is 0 Å². The molecule has 2 heterocycles. The van der Waals surface area contributed by atoms with Gasteiger partial charge < -0.3 is 14.8 Å². The van der Waals surface area contributed by atoms with Gasteiger partial charge in [-0.1, -0.05) is 23.9 Å². The second-order valence-corrected chi connectivity index (χ2v) is 7.86. The van der Waals surface area contributed by atoms with Crippen LogP contribution < -0.4 is 5.32 Å². The molecule has 1 fully saturated rings. The SMILES string of the molecule is CC(C)NC(=O)Cn1c(SCC(=O)N2CCCCC2)nc2ccccc21. The van der Waals surface area contributed by atoms with Gasteiger partial charge in [-0.15, -0.1) is 0 Å². The predicted octanol–water partition coefficient (Wildman–Crippen LogP) is 2.67. The van der Waals surface area contributed by atoms with Crippen LogP contribution in [0.4, 0.5) is 0 Å². The molecule has 6 nitrogen and oxygen atoms in total. The molecule has 1 aromatic carbocycles. The van der Waals surface area contributed by atoms with E-state index in [1.807, 2.05) is 47.6 Å². The van der Waals surface area contributed by atoms with Crippen molar-refractivity contribution in [1.29, 1.82) is 0 Å². The van der Waals surface area contributed by atoms with Gasteiger partial charge in [0.2, 0.25) is 11.8 Å². The van der Waals surface area contributed by atoms with Crippen LogP contribution in [0.15, 0.2) is 29.4 Å². The minimum absolute atomic E-state index is 0.0487. The summed E-state index contributed by atoms with van der Waals surface area (Å²) in [5.74, 6) is 0.460. The number of aromatic nitrogens is 2. The Hall–Kier alpha value is -2.02. The van der Waals surface area contributed by atoms with Gasteiger partial charge in [0.05, 0.1) is 16.8 Å². The first-order valence-corrected chi connectivity index (χ1v) is 10.2. The van der Waals surface area contributed by atoms with Crippen molar-refractivity contribution in [3.63, 3.8) is 0 Å². The number of amides is 2. The molecule has 2 amide bonds. The number of carbonyl (C=O) groups is 2. The van der Waals surface area contributed by atoms with Crippen LogP contribution >= 0.6 is 11.8 Å². The van der Waals surface area contributed by atoms with Gasteiger partial charge in [-0.05, 0) is 45.2 Å². The van der Waals surface area contributed by atoms with E-state index in [1.54, 1.807) is 0 Å². The lowest BCUT2D eigenvalue weighted by Crippen LogP contribution is -2.36. The molecule has 0 bridgehead atoms. The fourth-order valence-corrected chi connectivity index (χ4v) is 4.11. The maximum Gasteiger partial charge on any atom is 0.240 e. The minimum atomic E-state index is -0.0487. The first kappa shape index (κ1) is 18.8. The summed E-state index contributed by atoms with van der Waals surface area (Å²) in [7, 11) is 0. The van der Waals surface area contributed by atoms with Gasteiger partial charge in [-0.3, -0.25) is 9.59 Å².